The monoisotopic (exact) mass is 896 g/mol. The molecule has 0 atom stereocenters. The predicted molar refractivity (Wildman–Crippen MR) is 265 cm³/mol. The highest BCUT2D eigenvalue weighted by molar-refractivity contribution is 5.94. The number of phenols is 2. The maximum absolute atomic E-state index is 13.1. The number of para-hydroxylation sites is 2. The maximum atomic E-state index is 13.1. The average molecular weight is 897 g/mol. The lowest BCUT2D eigenvalue weighted by Crippen LogP contribution is -2.12. The van der Waals surface area contributed by atoms with E-state index in [2.05, 4.69) is 23.8 Å². The molecule has 10 nitrogen and oxygen atoms in total. The van der Waals surface area contributed by atoms with Gasteiger partial charge in [0, 0.05) is 35.7 Å². The molecule has 0 amide bonds. The lowest BCUT2D eigenvalue weighted by atomic mass is 10.1. The van der Waals surface area contributed by atoms with E-state index in [9.17, 15) is 19.8 Å². The van der Waals surface area contributed by atoms with Gasteiger partial charge >= 0.3 is 11.9 Å². The van der Waals surface area contributed by atoms with E-state index >= 15 is 0 Å². The van der Waals surface area contributed by atoms with E-state index in [-0.39, 0.29) is 34.1 Å². The summed E-state index contributed by atoms with van der Waals surface area (Å²) >= 11 is 0. The van der Waals surface area contributed by atoms with Crippen molar-refractivity contribution >= 4 is 35.7 Å². The van der Waals surface area contributed by atoms with Crippen LogP contribution < -0.4 is 18.9 Å². The van der Waals surface area contributed by atoms with Gasteiger partial charge in [-0.15, -0.1) is 0 Å². The molecule has 66 heavy (non-hydrogen) atoms. The van der Waals surface area contributed by atoms with Crippen molar-refractivity contribution in [2.24, 2.45) is 9.98 Å². The van der Waals surface area contributed by atoms with Gasteiger partial charge in [0.15, 0.2) is 11.5 Å². The number of carbonyl (C=O) groups is 2. The molecule has 0 unspecified atom stereocenters. The summed E-state index contributed by atoms with van der Waals surface area (Å²) in [4.78, 5) is 35.2. The van der Waals surface area contributed by atoms with Crippen molar-refractivity contribution in [1.29, 1.82) is 0 Å². The second kappa shape index (κ2) is 29.2. The summed E-state index contributed by atoms with van der Waals surface area (Å²) in [6, 6.07) is 29.8. The van der Waals surface area contributed by atoms with Gasteiger partial charge in [0.05, 0.1) is 35.7 Å². The first kappa shape index (κ1) is 50.6. The molecule has 0 saturated carbocycles. The Labute approximate surface area is 391 Å². The van der Waals surface area contributed by atoms with Crippen LogP contribution in [0.15, 0.2) is 119 Å². The molecule has 350 valence electrons. The Kier molecular flexibility index (Phi) is 22.4. The number of nitrogens with zero attached hydrogens (tertiary/aromatic N) is 2. The van der Waals surface area contributed by atoms with Crippen LogP contribution in [-0.2, 0) is 0 Å². The third kappa shape index (κ3) is 18.2. The summed E-state index contributed by atoms with van der Waals surface area (Å²) in [7, 11) is 0. The van der Waals surface area contributed by atoms with Gasteiger partial charge in [-0.25, -0.2) is 9.59 Å². The molecule has 0 aliphatic rings. The van der Waals surface area contributed by atoms with Crippen molar-refractivity contribution < 1.29 is 38.7 Å². The molecular formula is C56H68N2O8. The Balaban J connectivity index is 1.04. The molecule has 2 N–H and O–H groups in total. The van der Waals surface area contributed by atoms with E-state index in [4.69, 9.17) is 18.9 Å². The summed E-state index contributed by atoms with van der Waals surface area (Å²) in [5.41, 5.74) is 2.74. The van der Waals surface area contributed by atoms with E-state index in [1.54, 1.807) is 109 Å². The third-order valence-corrected chi connectivity index (χ3v) is 11.2. The largest absolute Gasteiger partial charge is 0.507 e. The number of carbonyl (C=O) groups excluding carboxylic acids is 2. The van der Waals surface area contributed by atoms with Crippen LogP contribution in [0.3, 0.4) is 0 Å². The van der Waals surface area contributed by atoms with Crippen LogP contribution in [0.2, 0.25) is 0 Å². The molecule has 0 saturated heterocycles. The molecule has 0 radical (unpaired) electrons. The molecule has 5 aromatic carbocycles. The van der Waals surface area contributed by atoms with E-state index in [1.807, 2.05) is 12.1 Å². The number of hydrogen-bond donors (Lipinski definition) is 2. The van der Waals surface area contributed by atoms with Gasteiger partial charge in [0.1, 0.15) is 23.0 Å². The second-order valence-electron chi connectivity index (χ2n) is 16.6. The van der Waals surface area contributed by atoms with Crippen LogP contribution in [0.1, 0.15) is 161 Å². The number of aromatic hydroxyl groups is 2. The van der Waals surface area contributed by atoms with Crippen molar-refractivity contribution in [3.63, 3.8) is 0 Å². The fourth-order valence-corrected chi connectivity index (χ4v) is 7.24. The number of esters is 2. The van der Waals surface area contributed by atoms with Gasteiger partial charge < -0.3 is 29.2 Å². The summed E-state index contributed by atoms with van der Waals surface area (Å²) in [6.07, 6.45) is 25.5. The van der Waals surface area contributed by atoms with Gasteiger partial charge in [-0.3, -0.25) is 9.98 Å². The zero-order chi connectivity index (χ0) is 46.6. The lowest BCUT2D eigenvalue weighted by molar-refractivity contribution is 0.0682. The fraction of sp³-hybridized carbons (Fsp3) is 0.393. The molecule has 0 spiro atoms. The Morgan fingerprint density at radius 2 is 0.803 bits per heavy atom. The van der Waals surface area contributed by atoms with Crippen molar-refractivity contribution in [2.75, 3.05) is 13.2 Å². The predicted octanol–water partition coefficient (Wildman–Crippen LogP) is 14.9. The average Bonchev–Trinajstić information content (AvgIpc) is 3.33. The highest BCUT2D eigenvalue weighted by Crippen LogP contribution is 2.30. The molecule has 0 heterocycles. The molecule has 0 aliphatic heterocycles. The number of benzene rings is 5. The van der Waals surface area contributed by atoms with Crippen LogP contribution in [0.4, 0.5) is 11.4 Å². The summed E-state index contributed by atoms with van der Waals surface area (Å²) in [5, 5.41) is 21.2. The van der Waals surface area contributed by atoms with Crippen LogP contribution >= 0.6 is 0 Å². The van der Waals surface area contributed by atoms with Gasteiger partial charge in [0.2, 0.25) is 0 Å². The fourth-order valence-electron chi connectivity index (χ4n) is 7.24. The first-order valence-corrected chi connectivity index (χ1v) is 24.1. The Morgan fingerprint density at radius 3 is 1.15 bits per heavy atom. The molecule has 0 aromatic heterocycles. The molecule has 0 aliphatic carbocycles. The standard InChI is InChI=1S/C56H68N2O8/c1-3-5-7-9-11-13-15-17-21-37-63-49-35-29-45(51(59)39-49)41-57-47-31-25-43(26-32-47)55(61)65-53-23-19-20-24-54(53)66-56(62)44-27-33-48(34-28-44)58-42-46-30-36-50(40-52(46)60)64-38-22-18-16-14-12-10-8-6-4-2/h19-20,23-36,39-42,59-60H,3-18,21-22,37-38H2,1-2H3. The second-order valence-corrected chi connectivity index (χ2v) is 16.6. The third-order valence-electron chi connectivity index (χ3n) is 11.2. The van der Waals surface area contributed by atoms with Crippen molar-refractivity contribution in [2.45, 2.75) is 129 Å². The number of rotatable bonds is 30. The quantitative estimate of drug-likeness (QED) is 0.0201. The number of phenolic OH excluding ortho intramolecular Hbond substituents is 2. The normalized spacial score (nSPS) is 11.3. The number of aliphatic imine (C=N–C) groups is 2. The van der Waals surface area contributed by atoms with Gasteiger partial charge in [-0.2, -0.15) is 0 Å². The summed E-state index contributed by atoms with van der Waals surface area (Å²) < 4.78 is 23.0. The van der Waals surface area contributed by atoms with Crippen LogP contribution in [0.5, 0.6) is 34.5 Å². The highest BCUT2D eigenvalue weighted by atomic mass is 16.6. The zero-order valence-electron chi connectivity index (χ0n) is 38.9. The molecule has 5 aromatic rings. The minimum Gasteiger partial charge on any atom is -0.507 e. The van der Waals surface area contributed by atoms with E-state index in [0.29, 0.717) is 47.2 Å². The van der Waals surface area contributed by atoms with Crippen molar-refractivity contribution in [3.05, 3.63) is 131 Å². The lowest BCUT2D eigenvalue weighted by Gasteiger charge is -2.11. The maximum Gasteiger partial charge on any atom is 0.343 e. The zero-order valence-corrected chi connectivity index (χ0v) is 38.9. The molecule has 10 heteroatoms. The minimum atomic E-state index is -0.644. The van der Waals surface area contributed by atoms with E-state index in [1.165, 1.54) is 89.9 Å². The first-order chi connectivity index (χ1) is 32.3. The smallest absolute Gasteiger partial charge is 0.343 e. The molecule has 0 bridgehead atoms. The van der Waals surface area contributed by atoms with E-state index in [0.717, 1.165) is 25.7 Å². The van der Waals surface area contributed by atoms with Crippen molar-refractivity contribution in [1.82, 2.24) is 0 Å². The Bertz CT molecular complexity index is 2110. The van der Waals surface area contributed by atoms with Crippen LogP contribution in [0.25, 0.3) is 0 Å². The topological polar surface area (TPSA) is 136 Å². The highest BCUT2D eigenvalue weighted by Gasteiger charge is 2.16. The number of ether oxygens (including phenoxy) is 4. The molecule has 5 rings (SSSR count). The Morgan fingerprint density at radius 1 is 0.455 bits per heavy atom. The van der Waals surface area contributed by atoms with Crippen LogP contribution in [-0.4, -0.2) is 47.8 Å². The minimum absolute atomic E-state index is 0.0639. The SMILES string of the molecule is CCCCCCCCCCCOc1ccc(C=Nc2ccc(C(=O)Oc3ccccc3OC(=O)c3ccc(N=Cc4ccc(OCCCCCCCCCCC)cc4O)cc3)cc2)c(O)c1. The van der Waals surface area contributed by atoms with Crippen molar-refractivity contribution in [3.8, 4) is 34.5 Å². The first-order valence-electron chi connectivity index (χ1n) is 24.1. The Hall–Kier alpha value is -6.42. The van der Waals surface area contributed by atoms with Gasteiger partial charge in [-0.1, -0.05) is 129 Å². The molecular weight excluding hydrogens is 829 g/mol. The number of hydrogen-bond acceptors (Lipinski definition) is 10. The summed E-state index contributed by atoms with van der Waals surface area (Å²) in [6.45, 7) is 5.70. The van der Waals surface area contributed by atoms with Gasteiger partial charge in [-0.05, 0) is 97.8 Å². The number of unbranched alkanes of at least 4 members (excludes halogenated alkanes) is 16. The summed E-state index contributed by atoms with van der Waals surface area (Å²) in [5.74, 6) is 0.228. The van der Waals surface area contributed by atoms with E-state index < -0.39 is 11.9 Å². The van der Waals surface area contributed by atoms with Crippen LogP contribution in [0, 0.1) is 0 Å². The van der Waals surface area contributed by atoms with Gasteiger partial charge in [0.25, 0.3) is 0 Å². The molecule has 0 fully saturated rings.